The van der Waals surface area contributed by atoms with Crippen molar-refractivity contribution in [2.75, 3.05) is 13.1 Å². The van der Waals surface area contributed by atoms with Crippen LogP contribution in [-0.4, -0.2) is 35.0 Å². The normalized spacial score (nSPS) is 14.7. The zero-order valence-electron chi connectivity index (χ0n) is 11.1. The summed E-state index contributed by atoms with van der Waals surface area (Å²) in [4.78, 5) is 17.8. The fourth-order valence-corrected chi connectivity index (χ4v) is 2.21. The quantitative estimate of drug-likeness (QED) is 0.850. The number of rotatable bonds is 4. The standard InChI is InChI=1S/C16H16N2O2/c19-16(10-13-4-2-1-3-5-13)18-11-15(12-18)20-14-6-8-17-9-7-14/h1-9,15H,10-12H2. The summed E-state index contributed by atoms with van der Waals surface area (Å²) in [6, 6.07) is 13.5. The van der Waals surface area contributed by atoms with Crippen LogP contribution in [0.2, 0.25) is 0 Å². The lowest BCUT2D eigenvalue weighted by Gasteiger charge is -2.39. The van der Waals surface area contributed by atoms with E-state index in [2.05, 4.69) is 4.98 Å². The van der Waals surface area contributed by atoms with Gasteiger partial charge in [-0.3, -0.25) is 9.78 Å². The van der Waals surface area contributed by atoms with Crippen molar-refractivity contribution in [3.63, 3.8) is 0 Å². The Morgan fingerprint density at radius 2 is 1.85 bits per heavy atom. The average Bonchev–Trinajstić information content (AvgIpc) is 2.44. The summed E-state index contributed by atoms with van der Waals surface area (Å²) >= 11 is 0. The summed E-state index contributed by atoms with van der Waals surface area (Å²) in [5, 5.41) is 0. The molecule has 0 atom stereocenters. The number of carbonyl (C=O) groups excluding carboxylic acids is 1. The predicted octanol–water partition coefficient (Wildman–Crippen LogP) is 1.91. The minimum Gasteiger partial charge on any atom is -0.487 e. The third-order valence-corrected chi connectivity index (χ3v) is 3.35. The highest BCUT2D eigenvalue weighted by Gasteiger charge is 2.31. The van der Waals surface area contributed by atoms with Crippen molar-refractivity contribution < 1.29 is 9.53 Å². The molecule has 1 saturated heterocycles. The summed E-state index contributed by atoms with van der Waals surface area (Å²) in [5.41, 5.74) is 1.05. The van der Waals surface area contributed by atoms with E-state index in [9.17, 15) is 4.79 Å². The Balaban J connectivity index is 1.47. The first-order valence-electron chi connectivity index (χ1n) is 6.69. The molecule has 1 aliphatic heterocycles. The van der Waals surface area contributed by atoms with Gasteiger partial charge in [-0.15, -0.1) is 0 Å². The van der Waals surface area contributed by atoms with Crippen molar-refractivity contribution >= 4 is 5.91 Å². The number of aromatic nitrogens is 1. The molecule has 1 aliphatic rings. The molecule has 0 radical (unpaired) electrons. The van der Waals surface area contributed by atoms with Crippen molar-refractivity contribution in [2.45, 2.75) is 12.5 Å². The SMILES string of the molecule is O=C(Cc1ccccc1)N1CC(Oc2ccncc2)C1. The molecule has 1 amide bonds. The maximum atomic E-state index is 12.1. The topological polar surface area (TPSA) is 42.4 Å². The highest BCUT2D eigenvalue weighted by molar-refractivity contribution is 5.79. The summed E-state index contributed by atoms with van der Waals surface area (Å²) in [6.07, 6.45) is 3.96. The van der Waals surface area contributed by atoms with Crippen LogP contribution in [0.15, 0.2) is 54.9 Å². The van der Waals surface area contributed by atoms with E-state index in [0.717, 1.165) is 11.3 Å². The number of hydrogen-bond acceptors (Lipinski definition) is 3. The number of pyridine rings is 1. The Kier molecular flexibility index (Phi) is 3.63. The molecule has 4 nitrogen and oxygen atoms in total. The molecule has 1 aromatic heterocycles. The minimum atomic E-state index is 0.0946. The molecule has 0 N–H and O–H groups in total. The zero-order chi connectivity index (χ0) is 13.8. The molecule has 0 aliphatic carbocycles. The number of carbonyl (C=O) groups is 1. The van der Waals surface area contributed by atoms with Crippen molar-refractivity contribution in [3.05, 3.63) is 60.4 Å². The van der Waals surface area contributed by atoms with Gasteiger partial charge >= 0.3 is 0 Å². The second-order valence-corrected chi connectivity index (χ2v) is 4.88. The molecule has 1 fully saturated rings. The van der Waals surface area contributed by atoms with Gasteiger partial charge in [-0.1, -0.05) is 30.3 Å². The van der Waals surface area contributed by atoms with Crippen molar-refractivity contribution in [3.8, 4) is 5.75 Å². The molecule has 4 heteroatoms. The minimum absolute atomic E-state index is 0.0946. The average molecular weight is 268 g/mol. The van der Waals surface area contributed by atoms with Crippen molar-refractivity contribution in [1.82, 2.24) is 9.88 Å². The van der Waals surface area contributed by atoms with Gasteiger partial charge in [0.1, 0.15) is 11.9 Å². The van der Waals surface area contributed by atoms with E-state index in [1.54, 1.807) is 12.4 Å². The third-order valence-electron chi connectivity index (χ3n) is 3.35. The van der Waals surface area contributed by atoms with E-state index in [0.29, 0.717) is 19.5 Å². The molecule has 3 rings (SSSR count). The van der Waals surface area contributed by atoms with Gasteiger partial charge < -0.3 is 9.64 Å². The van der Waals surface area contributed by atoms with Crippen LogP contribution in [0.5, 0.6) is 5.75 Å². The molecule has 2 heterocycles. The first-order valence-corrected chi connectivity index (χ1v) is 6.69. The summed E-state index contributed by atoms with van der Waals surface area (Å²) in [5.74, 6) is 0.964. The van der Waals surface area contributed by atoms with Crippen LogP contribution >= 0.6 is 0 Å². The monoisotopic (exact) mass is 268 g/mol. The lowest BCUT2D eigenvalue weighted by Crippen LogP contribution is -2.56. The highest BCUT2D eigenvalue weighted by atomic mass is 16.5. The van der Waals surface area contributed by atoms with E-state index < -0.39 is 0 Å². The Morgan fingerprint density at radius 3 is 2.55 bits per heavy atom. The molecule has 0 spiro atoms. The fourth-order valence-electron chi connectivity index (χ4n) is 2.21. The molecular weight excluding hydrogens is 252 g/mol. The van der Waals surface area contributed by atoms with Crippen LogP contribution in [0.4, 0.5) is 0 Å². The summed E-state index contributed by atoms with van der Waals surface area (Å²) in [7, 11) is 0. The maximum Gasteiger partial charge on any atom is 0.227 e. The first-order chi connectivity index (χ1) is 9.81. The number of nitrogens with zero attached hydrogens (tertiary/aromatic N) is 2. The summed E-state index contributed by atoms with van der Waals surface area (Å²) < 4.78 is 5.75. The molecule has 0 saturated carbocycles. The molecule has 20 heavy (non-hydrogen) atoms. The van der Waals surface area contributed by atoms with Gasteiger partial charge in [-0.05, 0) is 17.7 Å². The Labute approximate surface area is 118 Å². The lowest BCUT2D eigenvalue weighted by molar-refractivity contribution is -0.139. The van der Waals surface area contributed by atoms with Crippen LogP contribution in [0.1, 0.15) is 5.56 Å². The van der Waals surface area contributed by atoms with E-state index in [4.69, 9.17) is 4.74 Å². The van der Waals surface area contributed by atoms with Crippen LogP contribution in [0.3, 0.4) is 0 Å². The highest BCUT2D eigenvalue weighted by Crippen LogP contribution is 2.18. The summed E-state index contributed by atoms with van der Waals surface area (Å²) in [6.45, 7) is 1.32. The Morgan fingerprint density at radius 1 is 1.15 bits per heavy atom. The van der Waals surface area contributed by atoms with Gasteiger partial charge in [0.05, 0.1) is 19.5 Å². The number of ether oxygens (including phenoxy) is 1. The Hall–Kier alpha value is -2.36. The smallest absolute Gasteiger partial charge is 0.227 e. The zero-order valence-corrected chi connectivity index (χ0v) is 11.1. The molecule has 1 aromatic carbocycles. The number of benzene rings is 1. The van der Waals surface area contributed by atoms with Gasteiger partial charge in [0, 0.05) is 12.4 Å². The van der Waals surface area contributed by atoms with E-state index in [-0.39, 0.29) is 12.0 Å². The molecule has 0 bridgehead atoms. The van der Waals surface area contributed by atoms with E-state index in [1.807, 2.05) is 47.4 Å². The molecule has 2 aromatic rings. The largest absolute Gasteiger partial charge is 0.487 e. The third kappa shape index (κ3) is 2.96. The molecular formula is C16H16N2O2. The van der Waals surface area contributed by atoms with Crippen molar-refractivity contribution in [2.24, 2.45) is 0 Å². The van der Waals surface area contributed by atoms with Crippen LogP contribution in [0, 0.1) is 0 Å². The number of likely N-dealkylation sites (tertiary alicyclic amines) is 1. The van der Waals surface area contributed by atoms with Gasteiger partial charge in [-0.25, -0.2) is 0 Å². The van der Waals surface area contributed by atoms with Gasteiger partial charge in [0.15, 0.2) is 0 Å². The fraction of sp³-hybridized carbons (Fsp3) is 0.250. The number of amides is 1. The number of hydrogen-bond donors (Lipinski definition) is 0. The molecule has 102 valence electrons. The van der Waals surface area contributed by atoms with Gasteiger partial charge in [0.2, 0.25) is 5.91 Å². The first kappa shape index (κ1) is 12.7. The maximum absolute atomic E-state index is 12.1. The second-order valence-electron chi connectivity index (χ2n) is 4.88. The van der Waals surface area contributed by atoms with Crippen LogP contribution in [0.25, 0.3) is 0 Å². The van der Waals surface area contributed by atoms with Crippen LogP contribution in [-0.2, 0) is 11.2 Å². The predicted molar refractivity (Wildman–Crippen MR) is 75.4 cm³/mol. The van der Waals surface area contributed by atoms with Gasteiger partial charge in [-0.2, -0.15) is 0 Å². The van der Waals surface area contributed by atoms with E-state index in [1.165, 1.54) is 0 Å². The lowest BCUT2D eigenvalue weighted by atomic mass is 10.1. The molecule has 0 unspecified atom stereocenters. The Bertz CT molecular complexity index is 566. The van der Waals surface area contributed by atoms with E-state index >= 15 is 0 Å². The van der Waals surface area contributed by atoms with Crippen molar-refractivity contribution in [1.29, 1.82) is 0 Å². The van der Waals surface area contributed by atoms with Crippen LogP contribution < -0.4 is 4.74 Å². The second kappa shape index (κ2) is 5.74. The van der Waals surface area contributed by atoms with Gasteiger partial charge in [0.25, 0.3) is 0 Å².